The van der Waals surface area contributed by atoms with Gasteiger partial charge >= 0.3 is 12.4 Å². The van der Waals surface area contributed by atoms with Crippen LogP contribution >= 0.6 is 0 Å². The standard InChI is InChI=1S/C41H32F6N2/c1-37(2)30-10-4-7-13-35(30)48(36-14-8-5-11-31(36)37)26-16-18-34-28(22-26)27-9-3-6-12-33(27)49(34)39-20-19-38(23-39,24-39)25-15-17-29(40(42,43)44)32(21-25)41(45,46)47/h3-18,21-22H,19-20,23-24H2,1-2H3. The number of nitrogens with zero attached hydrogens (tertiary/aromatic N) is 2. The number of benzene rings is 5. The third kappa shape index (κ3) is 4.15. The lowest BCUT2D eigenvalue weighted by atomic mass is 9.61. The first-order chi connectivity index (χ1) is 23.2. The third-order valence-corrected chi connectivity index (χ3v) is 11.7. The molecule has 1 aliphatic heterocycles. The summed E-state index contributed by atoms with van der Waals surface area (Å²) in [4.78, 5) is 2.33. The van der Waals surface area contributed by atoms with Gasteiger partial charge in [-0.2, -0.15) is 26.3 Å². The molecule has 0 radical (unpaired) electrons. The minimum atomic E-state index is -5.10. The van der Waals surface area contributed by atoms with Crippen LogP contribution in [0.15, 0.2) is 109 Å². The van der Waals surface area contributed by atoms with Crippen molar-refractivity contribution in [1.29, 1.82) is 0 Å². The summed E-state index contributed by atoms with van der Waals surface area (Å²) in [6.45, 7) is 4.51. The van der Waals surface area contributed by atoms with E-state index in [9.17, 15) is 26.3 Å². The molecular weight excluding hydrogens is 634 g/mol. The van der Waals surface area contributed by atoms with Crippen LogP contribution in [-0.2, 0) is 28.7 Å². The highest BCUT2D eigenvalue weighted by molar-refractivity contribution is 6.10. The molecule has 0 atom stereocenters. The monoisotopic (exact) mass is 666 g/mol. The second-order valence-corrected chi connectivity index (χ2v) is 14.7. The first-order valence-corrected chi connectivity index (χ1v) is 16.6. The molecule has 4 aliphatic rings. The van der Waals surface area contributed by atoms with Gasteiger partial charge in [-0.1, -0.05) is 74.5 Å². The quantitative estimate of drug-likeness (QED) is 0.171. The highest BCUT2D eigenvalue weighted by atomic mass is 19.4. The average Bonchev–Trinajstić information content (AvgIpc) is 3.73. The fraction of sp³-hybridized carbons (Fsp3) is 0.268. The summed E-state index contributed by atoms with van der Waals surface area (Å²) in [5.41, 5.74) is 3.82. The van der Waals surface area contributed by atoms with E-state index >= 15 is 0 Å². The minimum Gasteiger partial charge on any atom is -0.334 e. The Morgan fingerprint density at radius 1 is 0.571 bits per heavy atom. The number of para-hydroxylation sites is 3. The summed E-state index contributed by atoms with van der Waals surface area (Å²) in [6.07, 6.45) is -7.71. The Balaban J connectivity index is 1.16. The number of hydrogen-bond donors (Lipinski definition) is 0. The van der Waals surface area contributed by atoms with Crippen LogP contribution in [0.4, 0.5) is 43.4 Å². The molecule has 3 fully saturated rings. The van der Waals surface area contributed by atoms with Gasteiger partial charge < -0.3 is 9.47 Å². The largest absolute Gasteiger partial charge is 0.417 e. The van der Waals surface area contributed by atoms with Crippen molar-refractivity contribution in [2.75, 3.05) is 4.90 Å². The van der Waals surface area contributed by atoms with E-state index in [0.717, 1.165) is 51.4 Å². The van der Waals surface area contributed by atoms with Crippen LogP contribution in [0.2, 0.25) is 0 Å². The zero-order valence-corrected chi connectivity index (χ0v) is 26.9. The molecule has 8 heteroatoms. The Morgan fingerprint density at radius 2 is 1.16 bits per heavy atom. The van der Waals surface area contributed by atoms with E-state index in [1.54, 1.807) is 0 Å². The van der Waals surface area contributed by atoms with Crippen molar-refractivity contribution < 1.29 is 26.3 Å². The van der Waals surface area contributed by atoms with Gasteiger partial charge in [0.25, 0.3) is 0 Å². The van der Waals surface area contributed by atoms with Crippen molar-refractivity contribution >= 4 is 38.9 Å². The third-order valence-electron chi connectivity index (χ3n) is 11.7. The van der Waals surface area contributed by atoms with Gasteiger partial charge in [0.2, 0.25) is 0 Å². The number of halogens is 6. The molecule has 10 rings (SSSR count). The van der Waals surface area contributed by atoms with Gasteiger partial charge in [-0.3, -0.25) is 0 Å². The summed E-state index contributed by atoms with van der Waals surface area (Å²) < 4.78 is 84.7. The van der Waals surface area contributed by atoms with Crippen molar-refractivity contribution in [1.82, 2.24) is 4.57 Å². The van der Waals surface area contributed by atoms with Gasteiger partial charge in [-0.15, -0.1) is 0 Å². The van der Waals surface area contributed by atoms with Crippen molar-refractivity contribution in [2.24, 2.45) is 0 Å². The number of aromatic nitrogens is 1. The molecule has 0 spiro atoms. The fourth-order valence-corrected chi connectivity index (χ4v) is 9.57. The lowest BCUT2D eigenvalue weighted by Crippen LogP contribution is -2.47. The molecule has 2 nitrogen and oxygen atoms in total. The van der Waals surface area contributed by atoms with E-state index in [1.165, 1.54) is 17.2 Å². The predicted octanol–water partition coefficient (Wildman–Crippen LogP) is 12.2. The molecule has 248 valence electrons. The molecule has 49 heavy (non-hydrogen) atoms. The molecule has 0 amide bonds. The van der Waals surface area contributed by atoms with E-state index in [-0.39, 0.29) is 11.0 Å². The van der Waals surface area contributed by atoms with Gasteiger partial charge in [0.15, 0.2) is 0 Å². The number of rotatable bonds is 3. The van der Waals surface area contributed by atoms with Gasteiger partial charge in [0.05, 0.1) is 22.5 Å². The minimum absolute atomic E-state index is 0.184. The Kier molecular flexibility index (Phi) is 6.01. The zero-order valence-electron chi connectivity index (χ0n) is 26.9. The maximum atomic E-state index is 13.9. The van der Waals surface area contributed by atoms with E-state index in [2.05, 4.69) is 102 Å². The molecule has 2 heterocycles. The van der Waals surface area contributed by atoms with Crippen LogP contribution in [0.5, 0.6) is 0 Å². The van der Waals surface area contributed by atoms with Crippen molar-refractivity contribution in [2.45, 2.75) is 68.3 Å². The zero-order chi connectivity index (χ0) is 34.1. The summed E-state index contributed by atoms with van der Waals surface area (Å²) in [6, 6.07) is 34.4. The van der Waals surface area contributed by atoms with Crippen LogP contribution in [0.3, 0.4) is 0 Å². The second kappa shape index (κ2) is 9.71. The maximum Gasteiger partial charge on any atom is 0.417 e. The fourth-order valence-electron chi connectivity index (χ4n) is 9.57. The lowest BCUT2D eigenvalue weighted by Gasteiger charge is -2.49. The van der Waals surface area contributed by atoms with E-state index in [0.29, 0.717) is 30.9 Å². The SMILES string of the molecule is CC1(C)c2ccccc2N(c2ccc3c(c2)c2ccccc2n3C23CCC(c4ccc(C(F)(F)F)c(C(F)(F)F)c4)(C2)C3)c2ccccc21. The van der Waals surface area contributed by atoms with Crippen molar-refractivity contribution in [3.05, 3.63) is 137 Å². The van der Waals surface area contributed by atoms with Crippen molar-refractivity contribution in [3.8, 4) is 0 Å². The topological polar surface area (TPSA) is 8.17 Å². The van der Waals surface area contributed by atoms with Crippen molar-refractivity contribution in [3.63, 3.8) is 0 Å². The molecule has 3 aliphatic carbocycles. The molecule has 2 bridgehead atoms. The van der Waals surface area contributed by atoms with E-state index in [1.807, 2.05) is 12.1 Å². The Hall–Kier alpha value is -4.72. The molecule has 0 N–H and O–H groups in total. The molecule has 0 saturated heterocycles. The number of anilines is 3. The summed E-state index contributed by atoms with van der Waals surface area (Å²) >= 11 is 0. The molecule has 3 saturated carbocycles. The van der Waals surface area contributed by atoms with E-state index in [4.69, 9.17) is 0 Å². The maximum absolute atomic E-state index is 13.9. The van der Waals surface area contributed by atoms with Gasteiger partial charge in [0, 0.05) is 38.4 Å². The van der Waals surface area contributed by atoms with Gasteiger partial charge in [-0.25, -0.2) is 0 Å². The Labute approximate surface area is 279 Å². The average molecular weight is 667 g/mol. The van der Waals surface area contributed by atoms with E-state index < -0.39 is 28.9 Å². The van der Waals surface area contributed by atoms with Crippen LogP contribution in [-0.4, -0.2) is 4.57 Å². The molecule has 1 aromatic heterocycles. The second-order valence-electron chi connectivity index (χ2n) is 14.7. The molecule has 0 unspecified atom stereocenters. The van der Waals surface area contributed by atoms with Crippen LogP contribution in [0.25, 0.3) is 21.8 Å². The predicted molar refractivity (Wildman–Crippen MR) is 181 cm³/mol. The Morgan fingerprint density at radius 3 is 1.82 bits per heavy atom. The number of hydrogen-bond acceptors (Lipinski definition) is 1. The lowest BCUT2D eigenvalue weighted by molar-refractivity contribution is -0.162. The number of fused-ring (bicyclic) bond motifs is 6. The molecule has 6 aromatic rings. The first-order valence-electron chi connectivity index (χ1n) is 16.6. The molecule has 5 aromatic carbocycles. The normalized spacial score (nSPS) is 22.7. The molecular formula is C41H32F6N2. The highest BCUT2D eigenvalue weighted by Gasteiger charge is 2.63. The first kappa shape index (κ1) is 30.3. The van der Waals surface area contributed by atoms with Crippen LogP contribution in [0, 0.1) is 0 Å². The highest BCUT2D eigenvalue weighted by Crippen LogP contribution is 2.67. The summed E-state index contributed by atoms with van der Waals surface area (Å²) in [5.74, 6) is 0. The smallest absolute Gasteiger partial charge is 0.334 e. The summed E-state index contributed by atoms with van der Waals surface area (Å²) in [5, 5.41) is 2.17. The van der Waals surface area contributed by atoms with Crippen LogP contribution in [0.1, 0.15) is 67.3 Å². The number of alkyl halides is 6. The summed E-state index contributed by atoms with van der Waals surface area (Å²) in [7, 11) is 0. The van der Waals surface area contributed by atoms with Gasteiger partial charge in [0.1, 0.15) is 0 Å². The van der Waals surface area contributed by atoms with Gasteiger partial charge in [-0.05, 0) is 96.3 Å². The Bertz CT molecular complexity index is 2270. The van der Waals surface area contributed by atoms with Crippen LogP contribution < -0.4 is 4.90 Å².